The van der Waals surface area contributed by atoms with E-state index >= 15 is 0 Å². The zero-order valence-electron chi connectivity index (χ0n) is 38.0. The summed E-state index contributed by atoms with van der Waals surface area (Å²) >= 11 is 0. The van der Waals surface area contributed by atoms with Crippen molar-refractivity contribution in [2.24, 2.45) is 0 Å². The molecular weight excluding hydrogens is 899 g/mol. The zero-order chi connectivity index (χ0) is 47.5. The van der Waals surface area contributed by atoms with E-state index in [4.69, 9.17) is 37.4 Å². The van der Waals surface area contributed by atoms with Crippen molar-refractivity contribution in [3.8, 4) is 23.3 Å². The maximum Gasteiger partial charge on any atom is 0.474 e. The van der Waals surface area contributed by atoms with E-state index in [2.05, 4.69) is 55.3 Å². The lowest BCUT2D eigenvalue weighted by Gasteiger charge is -2.37. The van der Waals surface area contributed by atoms with E-state index in [1.54, 1.807) is 28.8 Å². The average molecular weight is 953 g/mol. The van der Waals surface area contributed by atoms with Crippen LogP contribution in [-0.4, -0.2) is 93.9 Å². The van der Waals surface area contributed by atoms with E-state index < -0.39 is 40.7 Å². The first-order chi connectivity index (χ1) is 32.4. The van der Waals surface area contributed by atoms with Gasteiger partial charge in [-0.25, -0.2) is 24.2 Å². The maximum atomic E-state index is 13.6. The van der Waals surface area contributed by atoms with Gasteiger partial charge in [0.25, 0.3) is 14.4 Å². The fourth-order valence-corrected chi connectivity index (χ4v) is 10.8. The molecular formula is C47H54N8O10P2. The van der Waals surface area contributed by atoms with Crippen molar-refractivity contribution >= 4 is 45.2 Å². The quantitative estimate of drug-likeness (QED) is 0.0366. The molecule has 5 atom stereocenters. The number of phosphoric ester groups is 1. The lowest BCUT2D eigenvalue weighted by molar-refractivity contribution is -0.143. The Morgan fingerprint density at radius 3 is 2.24 bits per heavy atom. The van der Waals surface area contributed by atoms with Crippen LogP contribution in [0.4, 0.5) is 5.82 Å². The Kier molecular flexibility index (Phi) is 17.0. The molecule has 2 aliphatic rings. The monoisotopic (exact) mass is 952 g/mol. The second kappa shape index (κ2) is 23.0. The molecule has 1 fully saturated rings. The molecule has 1 saturated heterocycles. The molecule has 5 aromatic rings. The van der Waals surface area contributed by atoms with Crippen LogP contribution in [0.15, 0.2) is 85.5 Å². The third kappa shape index (κ3) is 12.0. The first-order valence-electron chi connectivity index (χ1n) is 22.1. The van der Waals surface area contributed by atoms with Gasteiger partial charge in [-0.2, -0.15) is 10.5 Å². The molecule has 3 aromatic carbocycles. The molecule has 1 aliphatic carbocycles. The molecule has 0 radical (unpaired) electrons. The second-order valence-corrected chi connectivity index (χ2v) is 19.5. The number of carbonyl (C=O) groups excluding carboxylic acids is 2. The van der Waals surface area contributed by atoms with Gasteiger partial charge in [0.05, 0.1) is 57.2 Å². The van der Waals surface area contributed by atoms with E-state index in [0.29, 0.717) is 23.1 Å². The number of nitrogens with one attached hydrogen (secondary N) is 1. The number of esters is 1. The molecule has 1 amide bonds. The summed E-state index contributed by atoms with van der Waals surface area (Å²) in [5.41, 5.74) is 6.56. The van der Waals surface area contributed by atoms with Gasteiger partial charge in [-0.3, -0.25) is 27.7 Å². The number of hydrogen-bond donors (Lipinski definition) is 1. The Balaban J connectivity index is 1.00. The van der Waals surface area contributed by atoms with Gasteiger partial charge in [0, 0.05) is 43.5 Å². The molecule has 1 N–H and O–H groups in total. The topological polar surface area (TPSA) is 222 Å². The number of nitriles is 2. The molecule has 0 bridgehead atoms. The maximum absolute atomic E-state index is 13.6. The van der Waals surface area contributed by atoms with Gasteiger partial charge in [0.15, 0.2) is 17.0 Å². The van der Waals surface area contributed by atoms with Crippen LogP contribution in [0.2, 0.25) is 0 Å². The van der Waals surface area contributed by atoms with Gasteiger partial charge in [-0.05, 0) is 74.1 Å². The number of aryl methyl sites for hydroxylation is 1. The van der Waals surface area contributed by atoms with Gasteiger partial charge in [-0.15, -0.1) is 0 Å². The Labute approximate surface area is 391 Å². The van der Waals surface area contributed by atoms with Crippen molar-refractivity contribution in [2.75, 3.05) is 38.9 Å². The molecule has 7 rings (SSSR count). The Hall–Kier alpha value is -5.49. The molecule has 0 saturated carbocycles. The highest BCUT2D eigenvalue weighted by Crippen LogP contribution is 2.53. The van der Waals surface area contributed by atoms with Gasteiger partial charge in [0.1, 0.15) is 25.3 Å². The number of fused-ring (bicyclic) bond motifs is 4. The highest BCUT2D eigenvalue weighted by Gasteiger charge is 2.43. The number of hydrogen-bond acceptors (Lipinski definition) is 16. The molecule has 18 nitrogen and oxygen atoms in total. The number of carbonyl (C=O) groups is 2. The van der Waals surface area contributed by atoms with E-state index in [1.165, 1.54) is 30.9 Å². The molecule has 2 unspecified atom stereocenters. The highest BCUT2D eigenvalue weighted by atomic mass is 31.2. The van der Waals surface area contributed by atoms with Crippen LogP contribution in [0.1, 0.15) is 92.6 Å². The first-order valence-corrected chi connectivity index (χ1v) is 24.7. The van der Waals surface area contributed by atoms with Crippen LogP contribution in [-0.2, 0) is 47.9 Å². The zero-order valence-corrected chi connectivity index (χ0v) is 39.8. The number of imidazole rings is 1. The summed E-state index contributed by atoms with van der Waals surface area (Å²) in [6.45, 7) is 8.06. The molecule has 1 aliphatic heterocycles. The van der Waals surface area contributed by atoms with Gasteiger partial charge in [-0.1, -0.05) is 60.7 Å². The van der Waals surface area contributed by atoms with Crippen LogP contribution < -0.4 is 5.32 Å². The predicted molar refractivity (Wildman–Crippen MR) is 248 cm³/mol. The summed E-state index contributed by atoms with van der Waals surface area (Å²) in [6.07, 6.45) is 1.59. The van der Waals surface area contributed by atoms with Gasteiger partial charge >= 0.3 is 13.8 Å². The van der Waals surface area contributed by atoms with E-state index in [0.717, 1.165) is 16.7 Å². The van der Waals surface area contributed by atoms with Gasteiger partial charge < -0.3 is 23.8 Å². The number of rotatable bonds is 23. The fraction of sp³-hybridized carbons (Fsp3) is 0.426. The Morgan fingerprint density at radius 2 is 1.58 bits per heavy atom. The summed E-state index contributed by atoms with van der Waals surface area (Å²) < 4.78 is 58.3. The molecule has 3 heterocycles. The Bertz CT molecular complexity index is 2580. The van der Waals surface area contributed by atoms with Crippen molar-refractivity contribution in [1.82, 2.24) is 24.2 Å². The minimum Gasteiger partial charge on any atom is -0.465 e. The first kappa shape index (κ1) is 49.4. The SMILES string of the molecule is COP(=O)(OCCC#N)OC[C@H]1O[C@@H](n2cnc3c(NC(=O)c4ccc(CCC(=O)OCC5c6ccccc6-c6ccccc65)cc4)ncnc32)C[C@H]1OP(OCCC#N)N(C(C)C)C(C)C. The molecule has 20 heteroatoms. The molecule has 2 aromatic heterocycles. The molecule has 0 spiro atoms. The third-order valence-electron chi connectivity index (χ3n) is 11.3. The van der Waals surface area contributed by atoms with Crippen LogP contribution in [0.5, 0.6) is 0 Å². The summed E-state index contributed by atoms with van der Waals surface area (Å²) in [7, 11) is -4.60. The van der Waals surface area contributed by atoms with Crippen molar-refractivity contribution in [1.29, 1.82) is 10.5 Å². The largest absolute Gasteiger partial charge is 0.474 e. The second-order valence-electron chi connectivity index (χ2n) is 16.3. The number of nitrogens with zero attached hydrogens (tertiary/aromatic N) is 7. The summed E-state index contributed by atoms with van der Waals surface area (Å²) in [5, 5.41) is 21.1. The van der Waals surface area contributed by atoms with Crippen molar-refractivity contribution in [3.05, 3.63) is 108 Å². The number of ether oxygens (including phenoxy) is 2. The Morgan fingerprint density at radius 1 is 0.910 bits per heavy atom. The standard InChI is InChI=1S/C47H54N8O10P2/c1-31(2)55(32(3)4)66(61-24-10-22-48)65-40-26-42(64-41(40)28-63-67(58,59-5)62-25-11-23-49)54-30-52-44-45(50-29-51-46(44)54)53-47(57)34-19-16-33(17-20-34)18-21-43(56)60-27-39-37-14-8-6-12-35(37)36-13-7-9-15-38(36)39/h6-9,12-17,19-20,29-32,39-42H,10-11,18,21,24-28H2,1-5H3,(H,50,51,53,57)/t40-,41-,42-,66?,67?/m1/s1. The average Bonchev–Trinajstić information content (AvgIpc) is 4.04. The van der Waals surface area contributed by atoms with E-state index in [-0.39, 0.29) is 81.9 Å². The van der Waals surface area contributed by atoms with Crippen molar-refractivity contribution in [2.45, 2.75) is 96.2 Å². The number of anilines is 1. The van der Waals surface area contributed by atoms with E-state index in [9.17, 15) is 19.4 Å². The highest BCUT2D eigenvalue weighted by molar-refractivity contribution is 7.48. The van der Waals surface area contributed by atoms with Crippen molar-refractivity contribution in [3.63, 3.8) is 0 Å². The van der Waals surface area contributed by atoms with E-state index in [1.807, 2.05) is 58.0 Å². The minimum atomic E-state index is -4.07. The van der Waals surface area contributed by atoms with Crippen LogP contribution in [0.25, 0.3) is 22.3 Å². The number of phosphoric acid groups is 1. The lowest BCUT2D eigenvalue weighted by atomic mass is 9.98. The summed E-state index contributed by atoms with van der Waals surface area (Å²) in [6, 6.07) is 27.5. The molecule has 352 valence electrons. The number of aromatic nitrogens is 4. The van der Waals surface area contributed by atoms with Crippen molar-refractivity contribution < 1.29 is 46.2 Å². The van der Waals surface area contributed by atoms with Gasteiger partial charge in [0.2, 0.25) is 0 Å². The number of benzene rings is 3. The minimum absolute atomic E-state index is 0.0150. The summed E-state index contributed by atoms with van der Waals surface area (Å²) in [5.74, 6) is -0.563. The smallest absolute Gasteiger partial charge is 0.465 e. The van der Waals surface area contributed by atoms with Crippen LogP contribution in [0.3, 0.4) is 0 Å². The van der Waals surface area contributed by atoms with Crippen LogP contribution in [0, 0.1) is 22.7 Å². The summed E-state index contributed by atoms with van der Waals surface area (Å²) in [4.78, 5) is 39.8. The normalized spacial score (nSPS) is 18.1. The third-order valence-corrected chi connectivity index (χ3v) is 14.8. The van der Waals surface area contributed by atoms with Crippen LogP contribution >= 0.6 is 16.3 Å². The fourth-order valence-electron chi connectivity index (χ4n) is 8.14. The molecule has 67 heavy (non-hydrogen) atoms. The number of amides is 1. The lowest BCUT2D eigenvalue weighted by Crippen LogP contribution is -2.36. The predicted octanol–water partition coefficient (Wildman–Crippen LogP) is 9.02.